The van der Waals surface area contributed by atoms with Gasteiger partial charge < -0.3 is 16.0 Å². The van der Waals surface area contributed by atoms with E-state index >= 15 is 0 Å². The molecule has 1 aliphatic carbocycles. The first kappa shape index (κ1) is 18.6. The minimum absolute atomic E-state index is 0.453. The smallest absolute Gasteiger partial charge is 0.0605 e. The number of hydrogen-bond acceptors (Lipinski definition) is 4. The Balaban J connectivity index is 1.10. The normalized spacial score (nSPS) is 21.5. The van der Waals surface area contributed by atoms with Crippen molar-refractivity contribution in [3.63, 3.8) is 0 Å². The molecule has 27 heavy (non-hydrogen) atoms. The zero-order chi connectivity index (χ0) is 18.3. The van der Waals surface area contributed by atoms with Gasteiger partial charge in [-0.3, -0.25) is 4.98 Å². The van der Waals surface area contributed by atoms with Crippen molar-refractivity contribution in [2.24, 2.45) is 0 Å². The summed E-state index contributed by atoms with van der Waals surface area (Å²) in [6, 6.07) is 14.1. The molecule has 0 radical (unpaired) electrons. The number of rotatable bonds is 8. The number of hydrogen-bond donors (Lipinski definition) is 3. The topological polar surface area (TPSA) is 49.0 Å². The molecule has 3 N–H and O–H groups in total. The first-order chi connectivity index (χ1) is 13.4. The number of nitrogens with zero attached hydrogens (tertiary/aromatic N) is 1. The molecular formula is C23H32N4. The molecule has 0 saturated heterocycles. The van der Waals surface area contributed by atoms with E-state index in [9.17, 15) is 0 Å². The Morgan fingerprint density at radius 2 is 1.85 bits per heavy atom. The molecule has 1 aromatic heterocycles. The van der Waals surface area contributed by atoms with Crippen molar-refractivity contribution in [1.82, 2.24) is 20.9 Å². The first-order valence-electron chi connectivity index (χ1n) is 10.6. The fourth-order valence-electron chi connectivity index (χ4n) is 4.40. The molecule has 1 aromatic carbocycles. The summed E-state index contributed by atoms with van der Waals surface area (Å²) in [5, 5.41) is 11.0. The van der Waals surface area contributed by atoms with Gasteiger partial charge in [0.2, 0.25) is 0 Å². The summed E-state index contributed by atoms with van der Waals surface area (Å²) in [6.07, 6.45) is 9.18. The summed E-state index contributed by atoms with van der Waals surface area (Å²) in [4.78, 5) is 4.62. The molecule has 2 aromatic rings. The highest BCUT2D eigenvalue weighted by atomic mass is 15.0. The van der Waals surface area contributed by atoms with Crippen LogP contribution in [0.15, 0.2) is 42.6 Å². The SMILES string of the molecule is c1ccc2c(c1)CN[C@H](CNCCCCN[C@H]1CCCc3cccnc31)C2. The molecule has 0 amide bonds. The van der Waals surface area contributed by atoms with Crippen molar-refractivity contribution in [3.8, 4) is 0 Å². The third kappa shape index (κ3) is 4.95. The van der Waals surface area contributed by atoms with Crippen molar-refractivity contribution < 1.29 is 0 Å². The van der Waals surface area contributed by atoms with E-state index < -0.39 is 0 Å². The fraction of sp³-hybridized carbons (Fsp3) is 0.522. The highest BCUT2D eigenvalue weighted by Crippen LogP contribution is 2.27. The van der Waals surface area contributed by atoms with Gasteiger partial charge >= 0.3 is 0 Å². The maximum atomic E-state index is 4.62. The maximum Gasteiger partial charge on any atom is 0.0605 e. The fourth-order valence-corrected chi connectivity index (χ4v) is 4.40. The molecule has 1 aliphatic heterocycles. The van der Waals surface area contributed by atoms with Crippen LogP contribution in [0.2, 0.25) is 0 Å². The molecule has 0 spiro atoms. The van der Waals surface area contributed by atoms with E-state index in [1.165, 1.54) is 54.5 Å². The number of unbranched alkanes of at least 4 members (excludes halogenated alkanes) is 1. The Hall–Kier alpha value is -1.75. The van der Waals surface area contributed by atoms with Gasteiger partial charge in [0, 0.05) is 31.4 Å². The zero-order valence-electron chi connectivity index (χ0n) is 16.2. The van der Waals surface area contributed by atoms with Crippen molar-refractivity contribution in [3.05, 3.63) is 65.0 Å². The first-order valence-corrected chi connectivity index (χ1v) is 10.6. The minimum atomic E-state index is 0.453. The Morgan fingerprint density at radius 3 is 2.81 bits per heavy atom. The second kappa shape index (κ2) is 9.45. The van der Waals surface area contributed by atoms with Crippen LogP contribution in [0.1, 0.15) is 54.1 Å². The van der Waals surface area contributed by atoms with E-state index in [1.807, 2.05) is 6.20 Å². The third-order valence-electron chi connectivity index (χ3n) is 5.92. The van der Waals surface area contributed by atoms with Gasteiger partial charge in [0.15, 0.2) is 0 Å². The maximum absolute atomic E-state index is 4.62. The summed E-state index contributed by atoms with van der Waals surface area (Å²) < 4.78 is 0. The van der Waals surface area contributed by atoms with E-state index in [4.69, 9.17) is 0 Å². The van der Waals surface area contributed by atoms with Crippen LogP contribution in [0.25, 0.3) is 0 Å². The lowest BCUT2D eigenvalue weighted by molar-refractivity contribution is 0.428. The van der Waals surface area contributed by atoms with E-state index in [1.54, 1.807) is 0 Å². The Morgan fingerprint density at radius 1 is 1.00 bits per heavy atom. The Bertz CT molecular complexity index is 730. The average molecular weight is 365 g/mol. The monoisotopic (exact) mass is 364 g/mol. The lowest BCUT2D eigenvalue weighted by atomic mass is 9.92. The van der Waals surface area contributed by atoms with Gasteiger partial charge in [-0.05, 0) is 74.4 Å². The summed E-state index contributed by atoms with van der Waals surface area (Å²) in [5.41, 5.74) is 5.68. The standard InChI is InChI=1S/C23H32N4/c1-2-8-20-16-27-21(15-19(20)7-1)17-24-12-3-4-13-25-22-11-5-9-18-10-6-14-26-23(18)22/h1-2,6-8,10,14,21-22,24-25,27H,3-5,9,11-13,15-17H2/t21-,22-/m0/s1. The second-order valence-corrected chi connectivity index (χ2v) is 7.91. The van der Waals surface area contributed by atoms with Crippen molar-refractivity contribution in [2.45, 2.75) is 57.2 Å². The molecule has 2 heterocycles. The highest BCUT2D eigenvalue weighted by Gasteiger charge is 2.20. The van der Waals surface area contributed by atoms with Crippen LogP contribution in [0.4, 0.5) is 0 Å². The molecule has 0 unspecified atom stereocenters. The van der Waals surface area contributed by atoms with E-state index in [0.717, 1.165) is 32.6 Å². The summed E-state index contributed by atoms with van der Waals surface area (Å²) >= 11 is 0. The number of benzene rings is 1. The van der Waals surface area contributed by atoms with Crippen LogP contribution in [0, 0.1) is 0 Å². The lowest BCUT2D eigenvalue weighted by Crippen LogP contribution is -2.43. The summed E-state index contributed by atoms with van der Waals surface area (Å²) in [5.74, 6) is 0. The number of aromatic nitrogens is 1. The third-order valence-corrected chi connectivity index (χ3v) is 5.92. The number of nitrogens with one attached hydrogen (secondary N) is 3. The molecule has 4 heteroatoms. The van der Waals surface area contributed by atoms with Crippen molar-refractivity contribution in [1.29, 1.82) is 0 Å². The second-order valence-electron chi connectivity index (χ2n) is 7.91. The average Bonchev–Trinajstić information content (AvgIpc) is 2.73. The molecule has 2 aliphatic rings. The van der Waals surface area contributed by atoms with Crippen molar-refractivity contribution in [2.75, 3.05) is 19.6 Å². The highest BCUT2D eigenvalue weighted by molar-refractivity contribution is 5.30. The van der Waals surface area contributed by atoms with Crippen LogP contribution in [0.5, 0.6) is 0 Å². The van der Waals surface area contributed by atoms with Crippen LogP contribution < -0.4 is 16.0 Å². The predicted octanol–water partition coefficient (Wildman–Crippen LogP) is 3.13. The Kier molecular flexibility index (Phi) is 6.51. The van der Waals surface area contributed by atoms with E-state index in [2.05, 4.69) is 57.3 Å². The number of pyridine rings is 1. The molecule has 144 valence electrons. The quantitative estimate of drug-likeness (QED) is 0.630. The molecule has 4 nitrogen and oxygen atoms in total. The van der Waals surface area contributed by atoms with Crippen LogP contribution in [-0.2, 0) is 19.4 Å². The lowest BCUT2D eigenvalue weighted by Gasteiger charge is -2.26. The van der Waals surface area contributed by atoms with Crippen LogP contribution >= 0.6 is 0 Å². The molecule has 2 atom stereocenters. The molecule has 0 bridgehead atoms. The van der Waals surface area contributed by atoms with Gasteiger partial charge in [0.25, 0.3) is 0 Å². The van der Waals surface area contributed by atoms with Gasteiger partial charge in [0.1, 0.15) is 0 Å². The van der Waals surface area contributed by atoms with Crippen LogP contribution in [0.3, 0.4) is 0 Å². The van der Waals surface area contributed by atoms with Gasteiger partial charge in [-0.1, -0.05) is 30.3 Å². The molecular weight excluding hydrogens is 332 g/mol. The largest absolute Gasteiger partial charge is 0.315 e. The summed E-state index contributed by atoms with van der Waals surface area (Å²) in [7, 11) is 0. The van der Waals surface area contributed by atoms with Gasteiger partial charge in [-0.2, -0.15) is 0 Å². The molecule has 0 fully saturated rings. The molecule has 4 rings (SSSR count). The summed E-state index contributed by atoms with van der Waals surface area (Å²) in [6.45, 7) is 4.24. The number of aryl methyl sites for hydroxylation is 1. The van der Waals surface area contributed by atoms with E-state index in [0.29, 0.717) is 12.1 Å². The van der Waals surface area contributed by atoms with Gasteiger partial charge in [-0.25, -0.2) is 0 Å². The predicted molar refractivity (Wildman–Crippen MR) is 111 cm³/mol. The van der Waals surface area contributed by atoms with Gasteiger partial charge in [0.05, 0.1) is 5.69 Å². The van der Waals surface area contributed by atoms with Gasteiger partial charge in [-0.15, -0.1) is 0 Å². The van der Waals surface area contributed by atoms with Crippen LogP contribution in [-0.4, -0.2) is 30.7 Å². The minimum Gasteiger partial charge on any atom is -0.315 e. The molecule has 0 saturated carbocycles. The van der Waals surface area contributed by atoms with E-state index in [-0.39, 0.29) is 0 Å². The van der Waals surface area contributed by atoms with Crippen molar-refractivity contribution >= 4 is 0 Å². The number of fused-ring (bicyclic) bond motifs is 2. The Labute approximate surface area is 163 Å². The zero-order valence-corrected chi connectivity index (χ0v) is 16.2.